The highest BCUT2D eigenvalue weighted by Crippen LogP contribution is 2.37. The Morgan fingerprint density at radius 2 is 1.83 bits per heavy atom. The molecule has 11 nitrogen and oxygen atoms in total. The predicted octanol–water partition coefficient (Wildman–Crippen LogP) is 2.09. The number of aromatic nitrogens is 1. The highest BCUT2D eigenvalue weighted by Gasteiger charge is 2.55. The number of halogens is 1. The van der Waals surface area contributed by atoms with Crippen molar-refractivity contribution < 1.29 is 41.7 Å². The second-order valence-corrected chi connectivity index (χ2v) is 9.90. The van der Waals surface area contributed by atoms with E-state index in [1.165, 1.54) is 54.6 Å². The molecule has 4 rings (SSSR count). The number of hydrogen-bond donors (Lipinski definition) is 1. The Morgan fingerprint density at radius 3 is 2.46 bits per heavy atom. The molecule has 0 aliphatic carbocycles. The fourth-order valence-electron chi connectivity index (χ4n) is 4.36. The number of ether oxygens (including phenoxy) is 3. The van der Waals surface area contributed by atoms with E-state index in [9.17, 15) is 27.5 Å². The zero-order chi connectivity index (χ0) is 25.2. The topological polar surface area (TPSA) is 136 Å². The summed E-state index contributed by atoms with van der Waals surface area (Å²) in [4.78, 5) is 30.0. The second kappa shape index (κ2) is 10.1. The van der Waals surface area contributed by atoms with Crippen LogP contribution in [0.2, 0.25) is 0 Å². The van der Waals surface area contributed by atoms with Gasteiger partial charge in [0.25, 0.3) is 10.0 Å². The van der Waals surface area contributed by atoms with Gasteiger partial charge in [-0.15, -0.1) is 0 Å². The van der Waals surface area contributed by atoms with Crippen LogP contribution in [0.15, 0.2) is 47.6 Å². The van der Waals surface area contributed by atoms with Gasteiger partial charge in [-0.2, -0.15) is 4.31 Å². The quantitative estimate of drug-likeness (QED) is 0.531. The molecule has 0 unspecified atom stereocenters. The smallest absolute Gasteiger partial charge is 0.410 e. The van der Waals surface area contributed by atoms with Crippen molar-refractivity contribution in [1.82, 2.24) is 14.2 Å². The molecule has 13 heteroatoms. The lowest BCUT2D eigenvalue weighted by Crippen LogP contribution is -2.64. The first kappa shape index (κ1) is 24.8. The molecule has 3 atom stereocenters. The number of benzene rings is 1. The van der Waals surface area contributed by atoms with Crippen LogP contribution in [-0.4, -0.2) is 84.8 Å². The van der Waals surface area contributed by atoms with Crippen molar-refractivity contribution in [3.8, 4) is 11.5 Å². The van der Waals surface area contributed by atoms with E-state index >= 15 is 0 Å². The minimum absolute atomic E-state index is 0.00128. The number of carbonyl (C=O) groups is 2. The Labute approximate surface area is 201 Å². The maximum absolute atomic E-state index is 13.4. The van der Waals surface area contributed by atoms with Gasteiger partial charge < -0.3 is 19.3 Å². The van der Waals surface area contributed by atoms with Crippen LogP contribution >= 0.6 is 0 Å². The van der Waals surface area contributed by atoms with E-state index in [-0.39, 0.29) is 30.5 Å². The number of carboxylic acid groups (broad SMARTS) is 1. The van der Waals surface area contributed by atoms with Gasteiger partial charge in [0.05, 0.1) is 18.8 Å². The minimum atomic E-state index is -4.31. The van der Waals surface area contributed by atoms with E-state index < -0.39 is 46.0 Å². The lowest BCUT2D eigenvalue weighted by atomic mass is 10.1. The first-order valence-electron chi connectivity index (χ1n) is 10.8. The van der Waals surface area contributed by atoms with E-state index in [1.54, 1.807) is 0 Å². The molecule has 1 aromatic heterocycles. The van der Waals surface area contributed by atoms with Crippen LogP contribution in [0.4, 0.5) is 9.18 Å². The van der Waals surface area contributed by atoms with E-state index in [1.807, 2.05) is 0 Å². The zero-order valence-electron chi connectivity index (χ0n) is 18.7. The number of hydrogen-bond acceptors (Lipinski definition) is 8. The summed E-state index contributed by atoms with van der Waals surface area (Å²) in [7, 11) is -2.85. The average Bonchev–Trinajstić information content (AvgIpc) is 3.13. The molecule has 2 saturated heterocycles. The maximum atomic E-state index is 13.4. The molecule has 1 amide bonds. The number of carboxylic acids is 1. The first-order chi connectivity index (χ1) is 16.7. The molecule has 35 heavy (non-hydrogen) atoms. The molecule has 2 aliphatic rings. The Hall–Kier alpha value is -3.29. The Morgan fingerprint density at radius 1 is 1.11 bits per heavy atom. The number of amides is 1. The molecule has 2 aliphatic heterocycles. The molecule has 1 N–H and O–H groups in total. The monoisotopic (exact) mass is 509 g/mol. The largest absolute Gasteiger partial charge is 0.480 e. The maximum Gasteiger partial charge on any atom is 0.410 e. The first-order valence-corrected chi connectivity index (χ1v) is 12.2. The van der Waals surface area contributed by atoms with Crippen molar-refractivity contribution in [3.63, 3.8) is 0 Å². The number of pyridine rings is 1. The third-order valence-electron chi connectivity index (χ3n) is 5.92. The molecule has 2 fully saturated rings. The Kier molecular flexibility index (Phi) is 7.19. The summed E-state index contributed by atoms with van der Waals surface area (Å²) in [5.41, 5.74) is 0. The fraction of sp³-hybridized carbons (Fsp3) is 0.409. The third-order valence-corrected chi connectivity index (χ3v) is 7.68. The van der Waals surface area contributed by atoms with Gasteiger partial charge in [0.2, 0.25) is 0 Å². The number of nitrogens with zero attached hydrogens (tertiary/aromatic N) is 3. The van der Waals surface area contributed by atoms with Gasteiger partial charge in [0, 0.05) is 19.7 Å². The molecule has 2 aromatic rings. The lowest BCUT2D eigenvalue weighted by molar-refractivity contribution is -0.145. The molecule has 0 radical (unpaired) electrons. The molecule has 3 heterocycles. The van der Waals surface area contributed by atoms with Crippen molar-refractivity contribution in [3.05, 3.63) is 48.4 Å². The summed E-state index contributed by atoms with van der Waals surface area (Å²) >= 11 is 0. The van der Waals surface area contributed by atoms with E-state index in [0.29, 0.717) is 18.6 Å². The van der Waals surface area contributed by atoms with Crippen molar-refractivity contribution in [2.24, 2.45) is 0 Å². The number of methoxy groups -OCH3 is 1. The van der Waals surface area contributed by atoms with Crippen LogP contribution in [0.3, 0.4) is 0 Å². The summed E-state index contributed by atoms with van der Waals surface area (Å²) < 4.78 is 56.3. The third kappa shape index (κ3) is 5.06. The van der Waals surface area contributed by atoms with Gasteiger partial charge in [0.15, 0.2) is 5.03 Å². The zero-order valence-corrected chi connectivity index (χ0v) is 19.6. The molecule has 0 saturated carbocycles. The van der Waals surface area contributed by atoms with Gasteiger partial charge >= 0.3 is 12.1 Å². The van der Waals surface area contributed by atoms with E-state index in [2.05, 4.69) is 4.98 Å². The van der Waals surface area contributed by atoms with Crippen molar-refractivity contribution in [1.29, 1.82) is 0 Å². The number of aliphatic carboxylic acids is 1. The highest BCUT2D eigenvalue weighted by atomic mass is 32.2. The minimum Gasteiger partial charge on any atom is -0.480 e. The highest BCUT2D eigenvalue weighted by molar-refractivity contribution is 7.89. The van der Waals surface area contributed by atoms with E-state index in [0.717, 1.165) is 4.31 Å². The Bertz CT molecular complexity index is 1180. The van der Waals surface area contributed by atoms with Crippen molar-refractivity contribution in [2.45, 2.75) is 36.0 Å². The normalized spacial score (nSPS) is 22.1. The van der Waals surface area contributed by atoms with Crippen LogP contribution in [0.25, 0.3) is 0 Å². The SMILES string of the molecule is COCCOC(=O)N1[C@@H]2CC[C@H]1[C@H](C(=O)O)N(S(=O)(=O)c1ccc(Oc3ccc(F)cc3)cn1)C2. The summed E-state index contributed by atoms with van der Waals surface area (Å²) in [6, 6.07) is 4.94. The number of rotatable bonds is 8. The summed E-state index contributed by atoms with van der Waals surface area (Å²) in [6.45, 7) is -0.0176. The average molecular weight is 510 g/mol. The van der Waals surface area contributed by atoms with Gasteiger partial charge in [-0.3, -0.25) is 9.69 Å². The molecule has 0 spiro atoms. The van der Waals surface area contributed by atoms with Crippen LogP contribution in [0, 0.1) is 5.82 Å². The number of fused-ring (bicyclic) bond motifs is 2. The molecular weight excluding hydrogens is 485 g/mol. The number of carbonyl (C=O) groups excluding carboxylic acids is 1. The van der Waals surface area contributed by atoms with Crippen LogP contribution in [0.1, 0.15) is 12.8 Å². The van der Waals surface area contributed by atoms with Gasteiger partial charge in [-0.25, -0.2) is 22.6 Å². The summed E-state index contributed by atoms with van der Waals surface area (Å²) in [5.74, 6) is -1.25. The summed E-state index contributed by atoms with van der Waals surface area (Å²) in [5, 5.41) is 9.55. The molecular formula is C22H24FN3O8S. The summed E-state index contributed by atoms with van der Waals surface area (Å²) in [6.07, 6.45) is 1.26. The van der Waals surface area contributed by atoms with Crippen LogP contribution in [-0.2, 0) is 24.3 Å². The standard InChI is InChI=1S/C22H24FN3O8S/c1-32-10-11-33-22(29)26-15-4-8-18(26)20(21(27)28)25(13-15)35(30,31)19-9-7-17(12-24-19)34-16-5-2-14(23)3-6-16/h2-3,5-7,9,12,15,18,20H,4,8,10-11,13H2,1H3,(H,27,28)/t15-,18+,20-/m1/s1. The number of sulfonamides is 1. The van der Waals surface area contributed by atoms with Gasteiger partial charge in [0.1, 0.15) is 30.0 Å². The fourth-order valence-corrected chi connectivity index (χ4v) is 5.92. The molecule has 2 bridgehead atoms. The lowest BCUT2D eigenvalue weighted by Gasteiger charge is -2.43. The van der Waals surface area contributed by atoms with Crippen molar-refractivity contribution in [2.75, 3.05) is 26.9 Å². The van der Waals surface area contributed by atoms with Gasteiger partial charge in [-0.05, 0) is 49.2 Å². The van der Waals surface area contributed by atoms with Crippen LogP contribution < -0.4 is 4.74 Å². The van der Waals surface area contributed by atoms with Crippen LogP contribution in [0.5, 0.6) is 11.5 Å². The van der Waals surface area contributed by atoms with Crippen molar-refractivity contribution >= 4 is 22.1 Å². The Balaban J connectivity index is 1.54. The second-order valence-electron chi connectivity index (χ2n) is 8.06. The van der Waals surface area contributed by atoms with E-state index in [4.69, 9.17) is 14.2 Å². The number of piperazine rings is 1. The molecule has 188 valence electrons. The molecule has 1 aromatic carbocycles. The van der Waals surface area contributed by atoms with Gasteiger partial charge in [-0.1, -0.05) is 0 Å². The predicted molar refractivity (Wildman–Crippen MR) is 118 cm³/mol.